The van der Waals surface area contributed by atoms with Crippen molar-refractivity contribution in [3.8, 4) is 6.07 Å². The molecule has 0 saturated heterocycles. The summed E-state index contributed by atoms with van der Waals surface area (Å²) in [7, 11) is -3.59. The molecular formula is C11H13IN2O2S. The topological polar surface area (TPSA) is 70.0 Å². The van der Waals surface area contributed by atoms with Crippen molar-refractivity contribution in [2.45, 2.75) is 24.3 Å². The van der Waals surface area contributed by atoms with Gasteiger partial charge in [-0.2, -0.15) is 9.98 Å². The minimum atomic E-state index is -3.59. The summed E-state index contributed by atoms with van der Waals surface area (Å²) < 4.78 is 27.0. The van der Waals surface area contributed by atoms with Crippen molar-refractivity contribution in [2.24, 2.45) is 0 Å². The number of hydrogen-bond donors (Lipinski definition) is 1. The van der Waals surface area contributed by atoms with Crippen molar-refractivity contribution >= 4 is 32.6 Å². The Morgan fingerprint density at radius 1 is 1.41 bits per heavy atom. The molecule has 0 spiro atoms. The third-order valence-electron chi connectivity index (χ3n) is 2.18. The number of hydrogen-bond acceptors (Lipinski definition) is 3. The van der Waals surface area contributed by atoms with Gasteiger partial charge in [0.1, 0.15) is 6.04 Å². The maximum absolute atomic E-state index is 11.9. The van der Waals surface area contributed by atoms with Crippen molar-refractivity contribution in [1.82, 2.24) is 4.72 Å². The smallest absolute Gasteiger partial charge is 0.207 e. The molecule has 0 heterocycles. The lowest BCUT2D eigenvalue weighted by atomic mass is 10.2. The zero-order chi connectivity index (χ0) is 12.9. The van der Waals surface area contributed by atoms with Gasteiger partial charge in [-0.05, 0) is 25.5 Å². The number of sulfonamides is 1. The summed E-state index contributed by atoms with van der Waals surface area (Å²) in [6, 6.07) is 7.81. The zero-order valence-electron chi connectivity index (χ0n) is 9.35. The molecule has 0 aromatic heterocycles. The number of nitrogens with one attached hydrogen (secondary N) is 1. The van der Waals surface area contributed by atoms with Crippen LogP contribution in [-0.2, 0) is 10.0 Å². The highest BCUT2D eigenvalue weighted by atomic mass is 127. The van der Waals surface area contributed by atoms with Crippen LogP contribution in [0.1, 0.15) is 12.0 Å². The molecule has 0 saturated carbocycles. The van der Waals surface area contributed by atoms with Gasteiger partial charge in [0.15, 0.2) is 0 Å². The molecule has 0 amide bonds. The number of nitriles is 1. The van der Waals surface area contributed by atoms with Crippen molar-refractivity contribution in [3.05, 3.63) is 29.8 Å². The first-order valence-electron chi connectivity index (χ1n) is 5.04. The van der Waals surface area contributed by atoms with Gasteiger partial charge in [-0.25, -0.2) is 8.42 Å². The molecule has 0 aliphatic heterocycles. The molecule has 0 fully saturated rings. The van der Waals surface area contributed by atoms with Crippen LogP contribution >= 0.6 is 22.6 Å². The predicted molar refractivity (Wildman–Crippen MR) is 74.4 cm³/mol. The van der Waals surface area contributed by atoms with Crippen LogP contribution in [0.4, 0.5) is 0 Å². The van der Waals surface area contributed by atoms with Crippen LogP contribution < -0.4 is 4.72 Å². The van der Waals surface area contributed by atoms with E-state index in [2.05, 4.69) is 27.3 Å². The Bertz CT molecular complexity index is 505. The molecule has 0 aliphatic carbocycles. The highest BCUT2D eigenvalue weighted by Crippen LogP contribution is 2.11. The summed E-state index contributed by atoms with van der Waals surface area (Å²) in [5, 5.41) is 8.83. The number of rotatable bonds is 5. The SMILES string of the molecule is Cc1ccc(S(=O)(=O)NC(C#N)CCI)cc1. The molecule has 1 rings (SSSR count). The van der Waals surface area contributed by atoms with E-state index in [1.165, 1.54) is 12.1 Å². The fourth-order valence-electron chi connectivity index (χ4n) is 1.23. The monoisotopic (exact) mass is 364 g/mol. The summed E-state index contributed by atoms with van der Waals surface area (Å²) in [5.41, 5.74) is 0.994. The van der Waals surface area contributed by atoms with Gasteiger partial charge in [0.25, 0.3) is 0 Å². The lowest BCUT2D eigenvalue weighted by molar-refractivity contribution is 0.570. The van der Waals surface area contributed by atoms with Crippen LogP contribution in [0.15, 0.2) is 29.2 Å². The van der Waals surface area contributed by atoms with Crippen LogP contribution in [0.25, 0.3) is 0 Å². The number of benzene rings is 1. The molecule has 1 aromatic rings. The number of aryl methyl sites for hydroxylation is 1. The minimum Gasteiger partial charge on any atom is -0.207 e. The largest absolute Gasteiger partial charge is 0.241 e. The van der Waals surface area contributed by atoms with Crippen LogP contribution in [0.2, 0.25) is 0 Å². The van der Waals surface area contributed by atoms with Gasteiger partial charge in [0, 0.05) is 4.43 Å². The van der Waals surface area contributed by atoms with E-state index in [-0.39, 0.29) is 4.90 Å². The Labute approximate surface area is 115 Å². The Balaban J connectivity index is 2.89. The normalized spacial score (nSPS) is 13.0. The van der Waals surface area contributed by atoms with E-state index >= 15 is 0 Å². The maximum Gasteiger partial charge on any atom is 0.241 e. The molecule has 92 valence electrons. The summed E-state index contributed by atoms with van der Waals surface area (Å²) in [6.07, 6.45) is 0.502. The van der Waals surface area contributed by atoms with Crippen molar-refractivity contribution in [3.63, 3.8) is 0 Å². The first-order chi connectivity index (χ1) is 7.99. The van der Waals surface area contributed by atoms with Crippen molar-refractivity contribution in [1.29, 1.82) is 5.26 Å². The van der Waals surface area contributed by atoms with Gasteiger partial charge in [-0.3, -0.25) is 0 Å². The van der Waals surface area contributed by atoms with Crippen LogP contribution in [-0.4, -0.2) is 18.9 Å². The molecule has 1 aromatic carbocycles. The second-order valence-corrected chi connectivity index (χ2v) is 6.39. The summed E-state index contributed by atoms with van der Waals surface area (Å²) in [5.74, 6) is 0. The number of nitrogens with zero attached hydrogens (tertiary/aromatic N) is 1. The van der Waals surface area contributed by atoms with Crippen LogP contribution in [0.3, 0.4) is 0 Å². The highest BCUT2D eigenvalue weighted by molar-refractivity contribution is 14.1. The quantitative estimate of drug-likeness (QED) is 0.642. The molecule has 1 atom stereocenters. The van der Waals surface area contributed by atoms with Gasteiger partial charge in [0.05, 0.1) is 11.0 Å². The lowest BCUT2D eigenvalue weighted by Gasteiger charge is -2.10. The summed E-state index contributed by atoms with van der Waals surface area (Å²) in [6.45, 7) is 1.89. The minimum absolute atomic E-state index is 0.191. The number of alkyl halides is 1. The molecule has 0 radical (unpaired) electrons. The predicted octanol–water partition coefficient (Wildman–Crippen LogP) is 1.99. The standard InChI is InChI=1S/C11H13IN2O2S/c1-9-2-4-11(5-3-9)17(15,16)14-10(8-13)6-7-12/h2-5,10,14H,6-7H2,1H3. The third-order valence-corrected chi connectivity index (χ3v) is 4.29. The molecule has 6 heteroatoms. The Morgan fingerprint density at radius 2 is 2.00 bits per heavy atom. The van der Waals surface area contributed by atoms with Crippen LogP contribution in [0.5, 0.6) is 0 Å². The average molecular weight is 364 g/mol. The van der Waals surface area contributed by atoms with Crippen LogP contribution in [0, 0.1) is 18.3 Å². The zero-order valence-corrected chi connectivity index (χ0v) is 12.3. The van der Waals surface area contributed by atoms with E-state index in [0.717, 1.165) is 9.99 Å². The van der Waals surface area contributed by atoms with E-state index in [1.807, 2.05) is 13.0 Å². The molecule has 0 bridgehead atoms. The van der Waals surface area contributed by atoms with E-state index in [1.54, 1.807) is 12.1 Å². The summed E-state index contributed by atoms with van der Waals surface area (Å²) >= 11 is 2.11. The van der Waals surface area contributed by atoms with E-state index in [4.69, 9.17) is 5.26 Å². The van der Waals surface area contributed by atoms with E-state index < -0.39 is 16.1 Å². The Hall–Kier alpha value is -0.650. The van der Waals surface area contributed by atoms with E-state index in [9.17, 15) is 8.42 Å². The second kappa shape index (κ2) is 6.33. The first-order valence-corrected chi connectivity index (χ1v) is 8.05. The molecule has 1 unspecified atom stereocenters. The Morgan fingerprint density at radius 3 is 2.47 bits per heavy atom. The molecular weight excluding hydrogens is 351 g/mol. The number of halogens is 1. The Kier molecular flexibility index (Phi) is 5.36. The van der Waals surface area contributed by atoms with Crippen molar-refractivity contribution < 1.29 is 8.42 Å². The van der Waals surface area contributed by atoms with Gasteiger partial charge < -0.3 is 0 Å². The summed E-state index contributed by atoms with van der Waals surface area (Å²) in [4.78, 5) is 0.191. The maximum atomic E-state index is 11.9. The fourth-order valence-corrected chi connectivity index (χ4v) is 3.03. The van der Waals surface area contributed by atoms with E-state index in [0.29, 0.717) is 6.42 Å². The molecule has 17 heavy (non-hydrogen) atoms. The van der Waals surface area contributed by atoms with Crippen molar-refractivity contribution in [2.75, 3.05) is 4.43 Å². The molecule has 4 nitrogen and oxygen atoms in total. The second-order valence-electron chi connectivity index (χ2n) is 3.59. The van der Waals surface area contributed by atoms with Gasteiger partial charge in [0.2, 0.25) is 10.0 Å². The first kappa shape index (κ1) is 14.4. The lowest BCUT2D eigenvalue weighted by Crippen LogP contribution is -2.34. The highest BCUT2D eigenvalue weighted by Gasteiger charge is 2.18. The van der Waals surface area contributed by atoms with Gasteiger partial charge >= 0.3 is 0 Å². The average Bonchev–Trinajstić information content (AvgIpc) is 2.28. The molecule has 0 aliphatic rings. The van der Waals surface area contributed by atoms with Gasteiger partial charge in [-0.15, -0.1) is 0 Å². The molecule has 1 N–H and O–H groups in total. The van der Waals surface area contributed by atoms with Gasteiger partial charge in [-0.1, -0.05) is 40.3 Å². The fraction of sp³-hybridized carbons (Fsp3) is 0.364. The third kappa shape index (κ3) is 4.26.